The zero-order valence-electron chi connectivity index (χ0n) is 11.6. The molecule has 3 N–H and O–H groups in total. The first-order valence-electron chi connectivity index (χ1n) is 6.93. The van der Waals surface area contributed by atoms with E-state index in [0.717, 1.165) is 43.9 Å². The molecule has 0 aliphatic carbocycles. The highest BCUT2D eigenvalue weighted by Crippen LogP contribution is 2.14. The number of anilines is 1. The molecule has 0 unspecified atom stereocenters. The van der Waals surface area contributed by atoms with Gasteiger partial charge in [0.25, 0.3) is 0 Å². The summed E-state index contributed by atoms with van der Waals surface area (Å²) in [5.74, 6) is 0.675. The first kappa shape index (κ1) is 16.8. The number of carbonyl (C=O) groups is 1. The SMILES string of the molecule is Cl.Nc1ccccc1CCC(=O)NCC1CCOCC1. The molecule has 0 aromatic heterocycles. The Morgan fingerprint density at radius 1 is 1.30 bits per heavy atom. The second kappa shape index (κ2) is 8.82. The van der Waals surface area contributed by atoms with Gasteiger partial charge in [0, 0.05) is 31.9 Å². The normalized spacial score (nSPS) is 15.4. The molecule has 1 saturated heterocycles. The number of hydrogen-bond acceptors (Lipinski definition) is 3. The number of nitrogens with two attached hydrogens (primary N) is 1. The first-order chi connectivity index (χ1) is 9.25. The lowest BCUT2D eigenvalue weighted by Gasteiger charge is -2.22. The number of ether oxygens (including phenoxy) is 1. The van der Waals surface area contributed by atoms with E-state index in [4.69, 9.17) is 10.5 Å². The van der Waals surface area contributed by atoms with Crippen LogP contribution in [0.15, 0.2) is 24.3 Å². The van der Waals surface area contributed by atoms with Gasteiger partial charge in [-0.25, -0.2) is 0 Å². The van der Waals surface area contributed by atoms with Crippen LogP contribution in [-0.4, -0.2) is 25.7 Å². The molecule has 4 nitrogen and oxygen atoms in total. The third kappa shape index (κ3) is 5.39. The Morgan fingerprint density at radius 2 is 2.00 bits per heavy atom. The minimum Gasteiger partial charge on any atom is -0.399 e. The van der Waals surface area contributed by atoms with Crippen molar-refractivity contribution < 1.29 is 9.53 Å². The lowest BCUT2D eigenvalue weighted by atomic mass is 10.0. The number of para-hydroxylation sites is 1. The smallest absolute Gasteiger partial charge is 0.220 e. The summed E-state index contributed by atoms with van der Waals surface area (Å²) in [4.78, 5) is 11.8. The van der Waals surface area contributed by atoms with Gasteiger partial charge < -0.3 is 15.8 Å². The van der Waals surface area contributed by atoms with Crippen molar-refractivity contribution in [1.29, 1.82) is 0 Å². The summed E-state index contributed by atoms with van der Waals surface area (Å²) in [6.07, 6.45) is 3.29. The van der Waals surface area contributed by atoms with E-state index in [0.29, 0.717) is 18.8 Å². The Morgan fingerprint density at radius 3 is 2.70 bits per heavy atom. The quantitative estimate of drug-likeness (QED) is 0.819. The molecular formula is C15H23ClN2O2. The number of halogens is 1. The number of hydrogen-bond donors (Lipinski definition) is 2. The van der Waals surface area contributed by atoms with Crippen molar-refractivity contribution in [3.05, 3.63) is 29.8 Å². The van der Waals surface area contributed by atoms with Crippen LogP contribution in [-0.2, 0) is 16.0 Å². The third-order valence-electron chi connectivity index (χ3n) is 3.61. The van der Waals surface area contributed by atoms with Gasteiger partial charge in [-0.3, -0.25) is 4.79 Å². The highest BCUT2D eigenvalue weighted by atomic mass is 35.5. The van der Waals surface area contributed by atoms with Gasteiger partial charge in [-0.15, -0.1) is 12.4 Å². The number of nitrogens with one attached hydrogen (secondary N) is 1. The fourth-order valence-electron chi connectivity index (χ4n) is 2.31. The molecule has 1 heterocycles. The van der Waals surface area contributed by atoms with Crippen LogP contribution in [0.1, 0.15) is 24.8 Å². The average Bonchev–Trinajstić information content (AvgIpc) is 2.45. The van der Waals surface area contributed by atoms with Crippen molar-refractivity contribution >= 4 is 24.0 Å². The standard InChI is InChI=1S/C15H22N2O2.ClH/c16-14-4-2-1-3-13(14)5-6-15(18)17-11-12-7-9-19-10-8-12;/h1-4,12H,5-11,16H2,(H,17,18);1H. The Hall–Kier alpha value is -1.26. The molecule has 1 amide bonds. The van der Waals surface area contributed by atoms with Gasteiger partial charge in [0.1, 0.15) is 0 Å². The molecule has 1 aliphatic heterocycles. The Balaban J connectivity index is 0.00000200. The minimum atomic E-state index is 0. The van der Waals surface area contributed by atoms with Crippen LogP contribution in [0, 0.1) is 5.92 Å². The van der Waals surface area contributed by atoms with Gasteiger partial charge >= 0.3 is 0 Å². The van der Waals surface area contributed by atoms with E-state index < -0.39 is 0 Å². The maximum Gasteiger partial charge on any atom is 0.220 e. The van der Waals surface area contributed by atoms with Gasteiger partial charge in [0.15, 0.2) is 0 Å². The maximum atomic E-state index is 11.8. The molecule has 112 valence electrons. The van der Waals surface area contributed by atoms with Gasteiger partial charge in [0.05, 0.1) is 0 Å². The van der Waals surface area contributed by atoms with E-state index >= 15 is 0 Å². The number of rotatable bonds is 5. The topological polar surface area (TPSA) is 64.4 Å². The summed E-state index contributed by atoms with van der Waals surface area (Å²) < 4.78 is 5.30. The van der Waals surface area contributed by atoms with Crippen LogP contribution in [0.2, 0.25) is 0 Å². The molecule has 1 aromatic carbocycles. The van der Waals surface area contributed by atoms with E-state index in [1.165, 1.54) is 0 Å². The van der Waals surface area contributed by atoms with Crippen LogP contribution < -0.4 is 11.1 Å². The van der Waals surface area contributed by atoms with Gasteiger partial charge in [-0.05, 0) is 36.8 Å². The zero-order chi connectivity index (χ0) is 13.5. The molecule has 2 rings (SSSR count). The van der Waals surface area contributed by atoms with Crippen molar-refractivity contribution in [1.82, 2.24) is 5.32 Å². The maximum absolute atomic E-state index is 11.8. The number of nitrogen functional groups attached to an aromatic ring is 1. The first-order valence-corrected chi connectivity index (χ1v) is 6.93. The second-order valence-corrected chi connectivity index (χ2v) is 5.06. The van der Waals surface area contributed by atoms with Crippen molar-refractivity contribution in [2.24, 2.45) is 5.92 Å². The number of amides is 1. The van der Waals surface area contributed by atoms with Crippen LogP contribution in [0.4, 0.5) is 5.69 Å². The summed E-state index contributed by atoms with van der Waals surface area (Å²) in [7, 11) is 0. The van der Waals surface area contributed by atoms with Crippen LogP contribution in [0.3, 0.4) is 0 Å². The number of benzene rings is 1. The zero-order valence-corrected chi connectivity index (χ0v) is 12.5. The lowest BCUT2D eigenvalue weighted by Crippen LogP contribution is -2.32. The predicted molar refractivity (Wildman–Crippen MR) is 83.0 cm³/mol. The van der Waals surface area contributed by atoms with Crippen LogP contribution >= 0.6 is 12.4 Å². The van der Waals surface area contributed by atoms with Crippen molar-refractivity contribution in [2.45, 2.75) is 25.7 Å². The number of carbonyl (C=O) groups excluding carboxylic acids is 1. The summed E-state index contributed by atoms with van der Waals surface area (Å²) >= 11 is 0. The monoisotopic (exact) mass is 298 g/mol. The summed E-state index contributed by atoms with van der Waals surface area (Å²) in [5.41, 5.74) is 7.66. The molecule has 0 atom stereocenters. The van der Waals surface area contributed by atoms with Crippen LogP contribution in [0.25, 0.3) is 0 Å². The fourth-order valence-corrected chi connectivity index (χ4v) is 2.31. The van der Waals surface area contributed by atoms with Crippen molar-refractivity contribution in [3.63, 3.8) is 0 Å². The Labute approximate surface area is 126 Å². The van der Waals surface area contributed by atoms with Crippen molar-refractivity contribution in [3.8, 4) is 0 Å². The molecule has 0 spiro atoms. The largest absolute Gasteiger partial charge is 0.399 e. The van der Waals surface area contributed by atoms with Gasteiger partial charge in [0.2, 0.25) is 5.91 Å². The van der Waals surface area contributed by atoms with Gasteiger partial charge in [-0.2, -0.15) is 0 Å². The van der Waals surface area contributed by atoms with E-state index in [1.54, 1.807) is 0 Å². The molecule has 5 heteroatoms. The number of aryl methyl sites for hydroxylation is 1. The molecule has 1 aromatic rings. The van der Waals surface area contributed by atoms with Gasteiger partial charge in [-0.1, -0.05) is 18.2 Å². The summed E-state index contributed by atoms with van der Waals surface area (Å²) in [5, 5.41) is 3.01. The van der Waals surface area contributed by atoms with E-state index in [2.05, 4.69) is 5.32 Å². The molecule has 0 saturated carbocycles. The molecular weight excluding hydrogens is 276 g/mol. The molecule has 1 aliphatic rings. The molecule has 0 bridgehead atoms. The van der Waals surface area contributed by atoms with E-state index in [-0.39, 0.29) is 18.3 Å². The third-order valence-corrected chi connectivity index (χ3v) is 3.61. The molecule has 20 heavy (non-hydrogen) atoms. The highest BCUT2D eigenvalue weighted by Gasteiger charge is 2.14. The summed E-state index contributed by atoms with van der Waals surface area (Å²) in [6, 6.07) is 7.70. The molecule has 1 fully saturated rings. The fraction of sp³-hybridized carbons (Fsp3) is 0.533. The average molecular weight is 299 g/mol. The van der Waals surface area contributed by atoms with E-state index in [9.17, 15) is 4.79 Å². The van der Waals surface area contributed by atoms with Crippen molar-refractivity contribution in [2.75, 3.05) is 25.5 Å². The predicted octanol–water partition coefficient (Wildman–Crippen LogP) is 2.17. The molecule has 0 radical (unpaired) electrons. The second-order valence-electron chi connectivity index (χ2n) is 5.06. The minimum absolute atomic E-state index is 0. The summed E-state index contributed by atoms with van der Waals surface area (Å²) in [6.45, 7) is 2.41. The highest BCUT2D eigenvalue weighted by molar-refractivity contribution is 5.85. The lowest BCUT2D eigenvalue weighted by molar-refractivity contribution is -0.121. The Kier molecular flexibility index (Phi) is 7.41. The Bertz CT molecular complexity index is 420. The van der Waals surface area contributed by atoms with Crippen LogP contribution in [0.5, 0.6) is 0 Å². The van der Waals surface area contributed by atoms with E-state index in [1.807, 2.05) is 24.3 Å².